The van der Waals surface area contributed by atoms with Crippen molar-refractivity contribution in [1.82, 2.24) is 5.32 Å². The van der Waals surface area contributed by atoms with Crippen LogP contribution in [0.15, 0.2) is 24.3 Å². The topological polar surface area (TPSA) is 38.3 Å². The van der Waals surface area contributed by atoms with Gasteiger partial charge in [0.2, 0.25) is 5.91 Å². The van der Waals surface area contributed by atoms with Gasteiger partial charge in [-0.3, -0.25) is 4.79 Å². The fraction of sp³-hybridized carbons (Fsp3) is 0.462. The lowest BCUT2D eigenvalue weighted by atomic mass is 9.96. The van der Waals surface area contributed by atoms with Crippen molar-refractivity contribution < 1.29 is 13.9 Å². The van der Waals surface area contributed by atoms with Gasteiger partial charge in [-0.05, 0) is 12.1 Å². The summed E-state index contributed by atoms with van der Waals surface area (Å²) in [5.41, 5.74) is -0.419. The largest absolute Gasteiger partial charge is 0.489 e. The van der Waals surface area contributed by atoms with Crippen molar-refractivity contribution in [3.05, 3.63) is 30.1 Å². The quantitative estimate of drug-likeness (QED) is 0.819. The van der Waals surface area contributed by atoms with Crippen LogP contribution in [-0.4, -0.2) is 19.1 Å². The average molecular weight is 239 g/mol. The Morgan fingerprint density at radius 2 is 2.00 bits per heavy atom. The summed E-state index contributed by atoms with van der Waals surface area (Å²) in [5, 5.41) is 2.73. The van der Waals surface area contributed by atoms with Crippen LogP contribution in [0, 0.1) is 11.2 Å². The maximum Gasteiger partial charge on any atom is 0.225 e. The SMILES string of the molecule is CC(C)(C)C(=O)NCCOc1ccccc1F. The molecule has 0 saturated heterocycles. The van der Waals surface area contributed by atoms with Gasteiger partial charge in [0.25, 0.3) is 0 Å². The van der Waals surface area contributed by atoms with E-state index >= 15 is 0 Å². The first-order chi connectivity index (χ1) is 7.91. The number of rotatable bonds is 4. The minimum absolute atomic E-state index is 0.0466. The van der Waals surface area contributed by atoms with Gasteiger partial charge < -0.3 is 10.1 Å². The molecular formula is C13H18FNO2. The molecule has 0 bridgehead atoms. The molecule has 0 radical (unpaired) electrons. The van der Waals surface area contributed by atoms with E-state index in [-0.39, 0.29) is 18.3 Å². The number of carbonyl (C=O) groups excluding carboxylic acids is 1. The lowest BCUT2D eigenvalue weighted by Gasteiger charge is -2.17. The molecule has 4 heteroatoms. The summed E-state index contributed by atoms with van der Waals surface area (Å²) in [6, 6.07) is 6.19. The summed E-state index contributed by atoms with van der Waals surface area (Å²) in [5.74, 6) is -0.234. The third-order valence-electron chi connectivity index (χ3n) is 2.16. The summed E-state index contributed by atoms with van der Waals surface area (Å²) in [6.07, 6.45) is 0. The van der Waals surface area contributed by atoms with Crippen LogP contribution in [0.25, 0.3) is 0 Å². The van der Waals surface area contributed by atoms with Gasteiger partial charge in [-0.25, -0.2) is 4.39 Å². The van der Waals surface area contributed by atoms with Crippen molar-refractivity contribution >= 4 is 5.91 Å². The molecular weight excluding hydrogens is 221 g/mol. The second-order valence-electron chi connectivity index (χ2n) is 4.78. The average Bonchev–Trinajstić information content (AvgIpc) is 2.25. The van der Waals surface area contributed by atoms with Gasteiger partial charge in [0.05, 0.1) is 6.54 Å². The summed E-state index contributed by atoms with van der Waals surface area (Å²) in [7, 11) is 0. The number of hydrogen-bond acceptors (Lipinski definition) is 2. The molecule has 0 atom stereocenters. The van der Waals surface area contributed by atoms with Crippen LogP contribution in [0.3, 0.4) is 0 Å². The lowest BCUT2D eigenvalue weighted by molar-refractivity contribution is -0.128. The number of nitrogens with one attached hydrogen (secondary N) is 1. The van der Waals surface area contributed by atoms with E-state index in [4.69, 9.17) is 4.74 Å². The van der Waals surface area contributed by atoms with Gasteiger partial charge in [-0.1, -0.05) is 32.9 Å². The third-order valence-corrected chi connectivity index (χ3v) is 2.16. The normalized spacial score (nSPS) is 11.1. The molecule has 0 unspecified atom stereocenters. The van der Waals surface area contributed by atoms with Crippen molar-refractivity contribution in [2.24, 2.45) is 5.41 Å². The van der Waals surface area contributed by atoms with Crippen LogP contribution in [0.5, 0.6) is 5.75 Å². The van der Waals surface area contributed by atoms with Crippen molar-refractivity contribution in [1.29, 1.82) is 0 Å². The maximum atomic E-state index is 13.2. The minimum atomic E-state index is -0.419. The van der Waals surface area contributed by atoms with Crippen LogP contribution in [0.4, 0.5) is 4.39 Å². The van der Waals surface area contributed by atoms with Gasteiger partial charge in [0.1, 0.15) is 6.61 Å². The van der Waals surface area contributed by atoms with Crippen molar-refractivity contribution in [3.8, 4) is 5.75 Å². The zero-order valence-electron chi connectivity index (χ0n) is 10.4. The summed E-state index contributed by atoms with van der Waals surface area (Å²) < 4.78 is 18.4. The van der Waals surface area contributed by atoms with Gasteiger partial charge in [0.15, 0.2) is 11.6 Å². The second kappa shape index (κ2) is 5.66. The minimum Gasteiger partial charge on any atom is -0.489 e. The number of carbonyl (C=O) groups is 1. The Hall–Kier alpha value is -1.58. The number of hydrogen-bond donors (Lipinski definition) is 1. The molecule has 0 fully saturated rings. The van der Waals surface area contributed by atoms with Crippen LogP contribution in [-0.2, 0) is 4.79 Å². The Labute approximate surface area is 101 Å². The fourth-order valence-corrected chi connectivity index (χ4v) is 1.15. The summed E-state index contributed by atoms with van der Waals surface area (Å²) in [6.45, 7) is 6.12. The standard InChI is InChI=1S/C13H18FNO2/c1-13(2,3)12(16)15-8-9-17-11-7-5-4-6-10(11)14/h4-7H,8-9H2,1-3H3,(H,15,16). The van der Waals surface area contributed by atoms with E-state index in [0.717, 1.165) is 0 Å². The molecule has 1 rings (SSSR count). The molecule has 94 valence electrons. The van der Waals surface area contributed by atoms with Gasteiger partial charge in [-0.15, -0.1) is 0 Å². The second-order valence-corrected chi connectivity index (χ2v) is 4.78. The van der Waals surface area contributed by atoms with E-state index in [1.165, 1.54) is 6.07 Å². The van der Waals surface area contributed by atoms with E-state index < -0.39 is 11.2 Å². The predicted octanol–water partition coefficient (Wildman–Crippen LogP) is 2.37. The van der Waals surface area contributed by atoms with E-state index in [0.29, 0.717) is 6.54 Å². The highest BCUT2D eigenvalue weighted by Gasteiger charge is 2.20. The molecule has 1 aromatic rings. The summed E-state index contributed by atoms with van der Waals surface area (Å²) >= 11 is 0. The lowest BCUT2D eigenvalue weighted by Crippen LogP contribution is -2.37. The van der Waals surface area contributed by atoms with E-state index in [1.807, 2.05) is 20.8 Å². The molecule has 1 amide bonds. The van der Waals surface area contributed by atoms with E-state index in [1.54, 1.807) is 18.2 Å². The molecule has 0 aromatic heterocycles. The molecule has 0 saturated carbocycles. The zero-order chi connectivity index (χ0) is 12.9. The summed E-state index contributed by atoms with van der Waals surface area (Å²) in [4.78, 5) is 11.5. The molecule has 3 nitrogen and oxygen atoms in total. The predicted molar refractivity (Wildman–Crippen MR) is 64.4 cm³/mol. The monoisotopic (exact) mass is 239 g/mol. The highest BCUT2D eigenvalue weighted by atomic mass is 19.1. The fourth-order valence-electron chi connectivity index (χ4n) is 1.15. The van der Waals surface area contributed by atoms with Crippen molar-refractivity contribution in [2.45, 2.75) is 20.8 Å². The highest BCUT2D eigenvalue weighted by molar-refractivity contribution is 5.81. The Bertz CT molecular complexity index is 385. The molecule has 17 heavy (non-hydrogen) atoms. The zero-order valence-corrected chi connectivity index (χ0v) is 10.4. The molecule has 1 aromatic carbocycles. The number of ether oxygens (including phenoxy) is 1. The smallest absolute Gasteiger partial charge is 0.225 e. The van der Waals surface area contributed by atoms with Gasteiger partial charge >= 0.3 is 0 Å². The molecule has 1 N–H and O–H groups in total. The molecule has 0 spiro atoms. The Morgan fingerprint density at radius 1 is 1.35 bits per heavy atom. The van der Waals surface area contributed by atoms with Gasteiger partial charge in [0, 0.05) is 5.41 Å². The van der Waals surface area contributed by atoms with Crippen LogP contribution < -0.4 is 10.1 Å². The first-order valence-corrected chi connectivity index (χ1v) is 5.57. The third kappa shape index (κ3) is 4.43. The highest BCUT2D eigenvalue weighted by Crippen LogP contribution is 2.15. The van der Waals surface area contributed by atoms with Gasteiger partial charge in [-0.2, -0.15) is 0 Å². The number of amides is 1. The number of para-hydroxylation sites is 1. The Kier molecular flexibility index (Phi) is 4.49. The maximum absolute atomic E-state index is 13.2. The van der Waals surface area contributed by atoms with E-state index in [2.05, 4.69) is 5.32 Å². The Balaban J connectivity index is 2.30. The Morgan fingerprint density at radius 3 is 2.59 bits per heavy atom. The van der Waals surface area contributed by atoms with Crippen LogP contribution >= 0.6 is 0 Å². The first-order valence-electron chi connectivity index (χ1n) is 5.57. The number of benzene rings is 1. The first kappa shape index (κ1) is 13.5. The van der Waals surface area contributed by atoms with E-state index in [9.17, 15) is 9.18 Å². The van der Waals surface area contributed by atoms with Crippen LogP contribution in [0.2, 0.25) is 0 Å². The number of halogens is 1. The molecule has 0 aliphatic heterocycles. The molecule has 0 heterocycles. The van der Waals surface area contributed by atoms with Crippen molar-refractivity contribution in [2.75, 3.05) is 13.2 Å². The van der Waals surface area contributed by atoms with Crippen molar-refractivity contribution in [3.63, 3.8) is 0 Å². The molecule has 0 aliphatic rings. The molecule has 0 aliphatic carbocycles. The van der Waals surface area contributed by atoms with Crippen LogP contribution in [0.1, 0.15) is 20.8 Å².